The first kappa shape index (κ1) is 20.2. The molecule has 2 heterocycles. The molecule has 2 aliphatic rings. The van der Waals surface area contributed by atoms with E-state index in [-0.39, 0.29) is 25.1 Å². The number of carbonyl (C=O) groups is 1. The van der Waals surface area contributed by atoms with Crippen LogP contribution >= 0.6 is 0 Å². The van der Waals surface area contributed by atoms with E-state index < -0.39 is 29.9 Å². The number of nitriles is 1. The molecule has 5 rings (SSSR count). The summed E-state index contributed by atoms with van der Waals surface area (Å²) in [6.45, 7) is 0.322. The molecular formula is C23H18F2N4O3. The summed E-state index contributed by atoms with van der Waals surface area (Å²) in [7, 11) is 0. The van der Waals surface area contributed by atoms with Gasteiger partial charge in [-0.15, -0.1) is 0 Å². The Labute approximate surface area is 181 Å². The van der Waals surface area contributed by atoms with E-state index in [1.165, 1.54) is 11.0 Å². The molecule has 2 aromatic carbocycles. The molecule has 0 radical (unpaired) electrons. The van der Waals surface area contributed by atoms with Crippen LogP contribution in [-0.2, 0) is 19.4 Å². The molecule has 0 unspecified atom stereocenters. The van der Waals surface area contributed by atoms with Gasteiger partial charge in [0.1, 0.15) is 17.7 Å². The second-order valence-electron chi connectivity index (χ2n) is 8.04. The molecule has 9 heteroatoms. The smallest absolute Gasteiger partial charge is 0.407 e. The van der Waals surface area contributed by atoms with Crippen molar-refractivity contribution in [2.45, 2.75) is 31.5 Å². The van der Waals surface area contributed by atoms with Crippen molar-refractivity contribution in [1.29, 1.82) is 5.26 Å². The number of aliphatic hydroxyl groups is 1. The number of nitrogens with zero attached hydrogens (tertiary/aromatic N) is 4. The van der Waals surface area contributed by atoms with Crippen LogP contribution in [0.3, 0.4) is 0 Å². The van der Waals surface area contributed by atoms with Crippen LogP contribution in [0.15, 0.2) is 36.4 Å². The van der Waals surface area contributed by atoms with Gasteiger partial charge in [-0.3, -0.25) is 4.68 Å². The van der Waals surface area contributed by atoms with Crippen LogP contribution in [0.2, 0.25) is 0 Å². The van der Waals surface area contributed by atoms with Crippen molar-refractivity contribution in [1.82, 2.24) is 14.7 Å². The maximum atomic E-state index is 14.4. The van der Waals surface area contributed by atoms with Gasteiger partial charge in [0.25, 0.3) is 0 Å². The Morgan fingerprint density at radius 3 is 2.78 bits per heavy atom. The Kier molecular flexibility index (Phi) is 4.68. The Morgan fingerprint density at radius 2 is 2.03 bits per heavy atom. The highest BCUT2D eigenvalue weighted by Crippen LogP contribution is 2.40. The SMILES string of the molecule is N#Cc1cccc(-c2nn([C@@H]3c4cc(F)cc(F)c4C[C@H]3O)c3c2CN(C(=O)O)CC3)c1. The molecule has 3 aromatic rings. The van der Waals surface area contributed by atoms with Gasteiger partial charge in [-0.2, -0.15) is 10.4 Å². The Bertz CT molecular complexity index is 1300. The molecule has 7 nitrogen and oxygen atoms in total. The number of halogens is 2. The summed E-state index contributed by atoms with van der Waals surface area (Å²) in [6.07, 6.45) is -1.71. The van der Waals surface area contributed by atoms with Gasteiger partial charge in [0.05, 0.1) is 30.0 Å². The summed E-state index contributed by atoms with van der Waals surface area (Å²) >= 11 is 0. The molecule has 2 atom stereocenters. The van der Waals surface area contributed by atoms with Crippen molar-refractivity contribution in [3.05, 3.63) is 76.0 Å². The largest absolute Gasteiger partial charge is 0.465 e. The lowest BCUT2D eigenvalue weighted by molar-refractivity contribution is 0.130. The van der Waals surface area contributed by atoms with Crippen LogP contribution in [0.25, 0.3) is 11.3 Å². The average Bonchev–Trinajstić information content (AvgIpc) is 3.30. The normalized spacial score (nSPS) is 19.4. The number of hydrogen-bond acceptors (Lipinski definition) is 4. The summed E-state index contributed by atoms with van der Waals surface area (Å²) in [4.78, 5) is 12.9. The quantitative estimate of drug-likeness (QED) is 0.642. The van der Waals surface area contributed by atoms with E-state index in [0.29, 0.717) is 40.1 Å². The molecule has 0 fully saturated rings. The maximum Gasteiger partial charge on any atom is 0.407 e. The Balaban J connectivity index is 1.70. The van der Waals surface area contributed by atoms with Crippen molar-refractivity contribution in [3.63, 3.8) is 0 Å². The monoisotopic (exact) mass is 436 g/mol. The van der Waals surface area contributed by atoms with E-state index in [1.807, 2.05) is 0 Å². The number of carboxylic acid groups (broad SMARTS) is 1. The third-order valence-electron chi connectivity index (χ3n) is 6.18. The number of aromatic nitrogens is 2. The molecule has 1 aliphatic heterocycles. The third-order valence-corrected chi connectivity index (χ3v) is 6.18. The number of amides is 1. The summed E-state index contributed by atoms with van der Waals surface area (Å²) in [5, 5.41) is 34.3. The number of rotatable bonds is 2. The van der Waals surface area contributed by atoms with Crippen LogP contribution in [0.1, 0.15) is 34.0 Å². The first-order chi connectivity index (χ1) is 15.4. The average molecular weight is 436 g/mol. The predicted molar refractivity (Wildman–Crippen MR) is 109 cm³/mol. The standard InChI is InChI=1S/C23H18F2N4O3/c24-14-7-16-15(18(25)8-14)9-20(30)22(16)29-19-4-5-28(23(31)32)11-17(19)21(27-29)13-3-1-2-12(6-13)10-26/h1-3,6-8,20,22,30H,4-5,9,11H2,(H,31,32)/t20-,22-/m1/s1. The molecule has 32 heavy (non-hydrogen) atoms. The lowest BCUT2D eigenvalue weighted by atomic mass is 9.99. The Morgan fingerprint density at radius 1 is 1.22 bits per heavy atom. The van der Waals surface area contributed by atoms with E-state index in [2.05, 4.69) is 6.07 Å². The topological polar surface area (TPSA) is 102 Å². The molecule has 0 saturated heterocycles. The lowest BCUT2D eigenvalue weighted by Crippen LogP contribution is -2.36. The van der Waals surface area contributed by atoms with Gasteiger partial charge >= 0.3 is 6.09 Å². The highest BCUT2D eigenvalue weighted by molar-refractivity contribution is 5.70. The molecule has 0 bridgehead atoms. The highest BCUT2D eigenvalue weighted by atomic mass is 19.1. The zero-order valence-electron chi connectivity index (χ0n) is 16.8. The fourth-order valence-electron chi connectivity index (χ4n) is 4.73. The first-order valence-electron chi connectivity index (χ1n) is 10.1. The molecule has 2 N–H and O–H groups in total. The van der Waals surface area contributed by atoms with Crippen molar-refractivity contribution >= 4 is 6.09 Å². The lowest BCUT2D eigenvalue weighted by Gasteiger charge is -2.27. The molecule has 0 saturated carbocycles. The molecule has 1 aliphatic carbocycles. The summed E-state index contributed by atoms with van der Waals surface area (Å²) in [6, 6.07) is 10.1. The second kappa shape index (κ2) is 7.43. The van der Waals surface area contributed by atoms with E-state index in [4.69, 9.17) is 5.10 Å². The van der Waals surface area contributed by atoms with Gasteiger partial charge in [0.15, 0.2) is 0 Å². The van der Waals surface area contributed by atoms with E-state index in [0.717, 1.165) is 6.07 Å². The second-order valence-corrected chi connectivity index (χ2v) is 8.04. The van der Waals surface area contributed by atoms with Gasteiger partial charge in [0, 0.05) is 42.3 Å². The zero-order chi connectivity index (χ0) is 22.6. The van der Waals surface area contributed by atoms with Crippen molar-refractivity contribution in [2.75, 3.05) is 6.54 Å². The third kappa shape index (κ3) is 3.11. The fourth-order valence-corrected chi connectivity index (χ4v) is 4.73. The minimum Gasteiger partial charge on any atom is -0.465 e. The molecular weight excluding hydrogens is 418 g/mol. The van der Waals surface area contributed by atoms with Gasteiger partial charge in [-0.05, 0) is 29.3 Å². The number of aliphatic hydroxyl groups excluding tert-OH is 1. The maximum absolute atomic E-state index is 14.4. The van der Waals surface area contributed by atoms with Crippen molar-refractivity contribution in [3.8, 4) is 17.3 Å². The summed E-state index contributed by atoms with van der Waals surface area (Å²) in [5.41, 5.74) is 3.49. The van der Waals surface area contributed by atoms with Crippen LogP contribution in [-0.4, -0.2) is 43.6 Å². The number of fused-ring (bicyclic) bond motifs is 2. The van der Waals surface area contributed by atoms with Crippen LogP contribution in [0.5, 0.6) is 0 Å². The number of benzene rings is 2. The highest BCUT2D eigenvalue weighted by Gasteiger charge is 2.39. The minimum atomic E-state index is -1.06. The van der Waals surface area contributed by atoms with Crippen LogP contribution in [0, 0.1) is 23.0 Å². The molecule has 1 aromatic heterocycles. The zero-order valence-corrected chi connectivity index (χ0v) is 16.8. The minimum absolute atomic E-state index is 0.0290. The van der Waals surface area contributed by atoms with E-state index in [9.17, 15) is 29.1 Å². The van der Waals surface area contributed by atoms with Crippen molar-refractivity contribution in [2.24, 2.45) is 0 Å². The molecule has 1 amide bonds. The first-order valence-corrected chi connectivity index (χ1v) is 10.1. The van der Waals surface area contributed by atoms with Gasteiger partial charge in [-0.1, -0.05) is 12.1 Å². The molecule has 0 spiro atoms. The fraction of sp³-hybridized carbons (Fsp3) is 0.261. The number of hydrogen-bond donors (Lipinski definition) is 2. The van der Waals surface area contributed by atoms with Gasteiger partial charge in [0.2, 0.25) is 0 Å². The van der Waals surface area contributed by atoms with E-state index >= 15 is 0 Å². The van der Waals surface area contributed by atoms with Gasteiger partial charge < -0.3 is 15.1 Å². The van der Waals surface area contributed by atoms with Crippen LogP contribution in [0.4, 0.5) is 13.6 Å². The summed E-state index contributed by atoms with van der Waals surface area (Å²) in [5.74, 6) is -1.44. The van der Waals surface area contributed by atoms with Crippen LogP contribution < -0.4 is 0 Å². The molecule has 162 valence electrons. The van der Waals surface area contributed by atoms with Crippen molar-refractivity contribution < 1.29 is 23.8 Å². The van der Waals surface area contributed by atoms with Gasteiger partial charge in [-0.25, -0.2) is 13.6 Å². The predicted octanol–water partition coefficient (Wildman–Crippen LogP) is 3.24. The summed E-state index contributed by atoms with van der Waals surface area (Å²) < 4.78 is 30.0. The Hall–Kier alpha value is -3.77. The van der Waals surface area contributed by atoms with E-state index in [1.54, 1.807) is 28.9 Å².